The number of aliphatic carboxylic acids is 1. The van der Waals surface area contributed by atoms with Gasteiger partial charge in [-0.1, -0.05) is 27.5 Å². The van der Waals surface area contributed by atoms with Gasteiger partial charge in [-0.15, -0.1) is 0 Å². The Bertz CT molecular complexity index is 334. The van der Waals surface area contributed by atoms with Gasteiger partial charge in [0, 0.05) is 9.50 Å². The lowest BCUT2D eigenvalue weighted by atomic mass is 10.1. The molecule has 0 aliphatic heterocycles. The summed E-state index contributed by atoms with van der Waals surface area (Å²) in [5.41, 5.74) is 0.492. The highest BCUT2D eigenvalue weighted by molar-refractivity contribution is 9.10. The minimum absolute atomic E-state index is 0.327. The van der Waals surface area contributed by atoms with Gasteiger partial charge in [-0.25, -0.2) is 0 Å². The first-order chi connectivity index (χ1) is 6.49. The van der Waals surface area contributed by atoms with Crippen molar-refractivity contribution in [3.05, 3.63) is 33.3 Å². The van der Waals surface area contributed by atoms with Gasteiger partial charge in [-0.3, -0.25) is 4.79 Å². The molecule has 0 saturated carbocycles. The van der Waals surface area contributed by atoms with E-state index in [0.717, 1.165) is 0 Å². The first-order valence-electron chi connectivity index (χ1n) is 3.85. The summed E-state index contributed by atoms with van der Waals surface area (Å²) in [6, 6.07) is 4.85. The molecule has 1 aromatic carbocycles. The second kappa shape index (κ2) is 4.77. The van der Waals surface area contributed by atoms with E-state index in [-0.39, 0.29) is 6.42 Å². The van der Waals surface area contributed by atoms with E-state index in [2.05, 4.69) is 15.9 Å². The molecule has 0 heterocycles. The maximum absolute atomic E-state index is 10.3. The van der Waals surface area contributed by atoms with Gasteiger partial charge in [0.1, 0.15) is 0 Å². The fraction of sp³-hybridized carbons (Fsp3) is 0.222. The molecular formula is C9H8BrClO3. The highest BCUT2D eigenvalue weighted by atomic mass is 79.9. The van der Waals surface area contributed by atoms with E-state index in [1.54, 1.807) is 18.2 Å². The smallest absolute Gasteiger partial charge is 0.306 e. The average molecular weight is 280 g/mol. The van der Waals surface area contributed by atoms with E-state index < -0.39 is 12.1 Å². The van der Waals surface area contributed by atoms with Crippen LogP contribution in [-0.2, 0) is 4.79 Å². The summed E-state index contributed by atoms with van der Waals surface area (Å²) in [6.45, 7) is 0. The molecule has 1 atom stereocenters. The second-order valence-electron chi connectivity index (χ2n) is 2.82. The molecular weight excluding hydrogens is 271 g/mol. The van der Waals surface area contributed by atoms with Crippen LogP contribution in [0.1, 0.15) is 18.1 Å². The van der Waals surface area contributed by atoms with E-state index in [0.29, 0.717) is 15.1 Å². The fourth-order valence-corrected chi connectivity index (χ4v) is 1.94. The first-order valence-corrected chi connectivity index (χ1v) is 5.02. The van der Waals surface area contributed by atoms with Crippen molar-refractivity contribution >= 4 is 33.5 Å². The molecule has 3 nitrogen and oxygen atoms in total. The number of rotatable bonds is 3. The number of carbonyl (C=O) groups is 1. The van der Waals surface area contributed by atoms with Crippen LogP contribution in [0.2, 0.25) is 5.02 Å². The van der Waals surface area contributed by atoms with Crippen LogP contribution in [0.15, 0.2) is 22.7 Å². The minimum atomic E-state index is -1.05. The molecule has 14 heavy (non-hydrogen) atoms. The maximum Gasteiger partial charge on any atom is 0.306 e. The molecule has 0 bridgehead atoms. The molecule has 2 N–H and O–H groups in total. The number of hydrogen-bond donors (Lipinski definition) is 2. The monoisotopic (exact) mass is 278 g/mol. The standard InChI is InChI=1S/C9H8BrClO3/c10-6-1-5(2-7(11)3-6)8(12)4-9(13)14/h1-3,8,12H,4H2,(H,13,14)/t8-/m0/s1. The Morgan fingerprint density at radius 2 is 2.14 bits per heavy atom. The van der Waals surface area contributed by atoms with Gasteiger partial charge in [0.05, 0.1) is 12.5 Å². The molecule has 5 heteroatoms. The van der Waals surface area contributed by atoms with Gasteiger partial charge in [0.2, 0.25) is 0 Å². The molecule has 0 saturated heterocycles. The highest BCUT2D eigenvalue weighted by Crippen LogP contribution is 2.25. The lowest BCUT2D eigenvalue weighted by Gasteiger charge is -2.08. The molecule has 0 aliphatic rings. The van der Waals surface area contributed by atoms with Crippen molar-refractivity contribution in [3.63, 3.8) is 0 Å². The number of hydrogen-bond acceptors (Lipinski definition) is 2. The van der Waals surface area contributed by atoms with Crippen LogP contribution in [0.25, 0.3) is 0 Å². The molecule has 1 aromatic rings. The number of carboxylic acid groups (broad SMARTS) is 1. The lowest BCUT2D eigenvalue weighted by molar-refractivity contribution is -0.139. The zero-order valence-corrected chi connectivity index (χ0v) is 9.42. The van der Waals surface area contributed by atoms with E-state index in [4.69, 9.17) is 16.7 Å². The molecule has 0 spiro atoms. The van der Waals surface area contributed by atoms with Crippen molar-refractivity contribution in [2.24, 2.45) is 0 Å². The minimum Gasteiger partial charge on any atom is -0.481 e. The fourth-order valence-electron chi connectivity index (χ4n) is 1.05. The number of aliphatic hydroxyl groups excluding tert-OH is 1. The number of halogens is 2. The molecule has 0 radical (unpaired) electrons. The third-order valence-electron chi connectivity index (χ3n) is 1.64. The van der Waals surface area contributed by atoms with Crippen molar-refractivity contribution in [2.75, 3.05) is 0 Å². The number of aliphatic hydroxyl groups is 1. The number of benzene rings is 1. The summed E-state index contributed by atoms with van der Waals surface area (Å²) in [6.07, 6.45) is -1.35. The largest absolute Gasteiger partial charge is 0.481 e. The van der Waals surface area contributed by atoms with E-state index in [1.165, 1.54) is 0 Å². The molecule has 0 unspecified atom stereocenters. The first kappa shape index (κ1) is 11.5. The van der Waals surface area contributed by atoms with Crippen molar-refractivity contribution in [1.82, 2.24) is 0 Å². The van der Waals surface area contributed by atoms with Crippen molar-refractivity contribution in [3.8, 4) is 0 Å². The van der Waals surface area contributed by atoms with Crippen LogP contribution in [0.3, 0.4) is 0 Å². The maximum atomic E-state index is 10.3. The van der Waals surface area contributed by atoms with Gasteiger partial charge >= 0.3 is 5.97 Å². The SMILES string of the molecule is O=C(O)C[C@H](O)c1cc(Cl)cc(Br)c1. The average Bonchev–Trinajstić information content (AvgIpc) is 2.00. The molecule has 0 aliphatic carbocycles. The van der Waals surface area contributed by atoms with E-state index >= 15 is 0 Å². The zero-order chi connectivity index (χ0) is 10.7. The van der Waals surface area contributed by atoms with Crippen molar-refractivity contribution in [2.45, 2.75) is 12.5 Å². The van der Waals surface area contributed by atoms with Crippen molar-refractivity contribution < 1.29 is 15.0 Å². The summed E-state index contributed by atoms with van der Waals surface area (Å²) in [7, 11) is 0. The van der Waals surface area contributed by atoms with Crippen LogP contribution in [0.5, 0.6) is 0 Å². The van der Waals surface area contributed by atoms with Gasteiger partial charge in [0.15, 0.2) is 0 Å². The van der Waals surface area contributed by atoms with Crippen molar-refractivity contribution in [1.29, 1.82) is 0 Å². The molecule has 0 aromatic heterocycles. The van der Waals surface area contributed by atoms with Crippen LogP contribution >= 0.6 is 27.5 Å². The molecule has 0 fully saturated rings. The Hall–Kier alpha value is -0.580. The molecule has 76 valence electrons. The quantitative estimate of drug-likeness (QED) is 0.894. The Balaban J connectivity index is 2.89. The van der Waals surface area contributed by atoms with E-state index in [9.17, 15) is 9.90 Å². The normalized spacial score (nSPS) is 12.5. The highest BCUT2D eigenvalue weighted by Gasteiger charge is 2.12. The Labute approximate surface area is 94.4 Å². The predicted octanol–water partition coefficient (Wildman–Crippen LogP) is 2.61. The Morgan fingerprint density at radius 1 is 1.50 bits per heavy atom. The third kappa shape index (κ3) is 3.29. The van der Waals surface area contributed by atoms with Gasteiger partial charge in [0.25, 0.3) is 0 Å². The lowest BCUT2D eigenvalue weighted by Crippen LogP contribution is -2.05. The van der Waals surface area contributed by atoms with Gasteiger partial charge in [-0.05, 0) is 23.8 Å². The van der Waals surface area contributed by atoms with Crippen LogP contribution in [0.4, 0.5) is 0 Å². The zero-order valence-electron chi connectivity index (χ0n) is 7.08. The van der Waals surface area contributed by atoms with E-state index in [1.807, 2.05) is 0 Å². The number of carboxylic acids is 1. The Morgan fingerprint density at radius 3 is 2.64 bits per heavy atom. The predicted molar refractivity (Wildman–Crippen MR) is 56.4 cm³/mol. The second-order valence-corrected chi connectivity index (χ2v) is 4.17. The molecule has 0 amide bonds. The Kier molecular flexibility index (Phi) is 3.92. The van der Waals surface area contributed by atoms with Crippen LogP contribution in [0, 0.1) is 0 Å². The summed E-state index contributed by atoms with van der Waals surface area (Å²) in [5.74, 6) is -1.05. The van der Waals surface area contributed by atoms with Gasteiger partial charge < -0.3 is 10.2 Å². The summed E-state index contributed by atoms with van der Waals surface area (Å²) < 4.78 is 0.712. The third-order valence-corrected chi connectivity index (χ3v) is 2.31. The summed E-state index contributed by atoms with van der Waals surface area (Å²) in [5, 5.41) is 18.4. The van der Waals surface area contributed by atoms with Crippen LogP contribution in [-0.4, -0.2) is 16.2 Å². The topological polar surface area (TPSA) is 57.5 Å². The summed E-state index contributed by atoms with van der Waals surface area (Å²) in [4.78, 5) is 10.3. The summed E-state index contributed by atoms with van der Waals surface area (Å²) >= 11 is 8.95. The van der Waals surface area contributed by atoms with Gasteiger partial charge in [-0.2, -0.15) is 0 Å². The van der Waals surface area contributed by atoms with Crippen LogP contribution < -0.4 is 0 Å². The molecule has 1 rings (SSSR count).